The van der Waals surface area contributed by atoms with E-state index in [-0.39, 0.29) is 29.4 Å². The molecule has 0 fully saturated rings. The fourth-order valence-corrected chi connectivity index (χ4v) is 6.80. The lowest BCUT2D eigenvalue weighted by Gasteiger charge is -2.39. The van der Waals surface area contributed by atoms with E-state index in [1.165, 1.54) is 222 Å². The van der Waals surface area contributed by atoms with Crippen molar-refractivity contribution >= 4 is 0 Å². The summed E-state index contributed by atoms with van der Waals surface area (Å²) in [6.45, 7) is 26.2. The molecule has 0 aliphatic heterocycles. The van der Waals surface area contributed by atoms with Gasteiger partial charge in [0.25, 0.3) is 0 Å². The summed E-state index contributed by atoms with van der Waals surface area (Å²) in [6, 6.07) is 0. The van der Waals surface area contributed by atoms with E-state index in [1.807, 2.05) is 0 Å². The number of rotatable bonds is 33. The lowest BCUT2D eigenvalue weighted by atomic mass is 10.1. The van der Waals surface area contributed by atoms with Crippen molar-refractivity contribution in [1.29, 1.82) is 0 Å². The molecule has 4 heteroatoms. The first-order valence-electron chi connectivity index (χ1n) is 20.6. The van der Waals surface area contributed by atoms with Crippen LogP contribution in [-0.2, 0) is 0 Å². The topological polar surface area (TPSA) is 0 Å². The van der Waals surface area contributed by atoms with Gasteiger partial charge in [-0.3, -0.25) is 0 Å². The molecule has 45 heavy (non-hydrogen) atoms. The average Bonchev–Trinajstić information content (AvgIpc) is 3.02. The first-order chi connectivity index (χ1) is 20.9. The molecule has 0 aromatic rings. The van der Waals surface area contributed by atoms with E-state index in [0.717, 1.165) is 0 Å². The number of nitrogens with zero attached hydrogens (tertiary/aromatic N) is 2. The quantitative estimate of drug-likeness (QED) is 0.0485. The van der Waals surface area contributed by atoms with Gasteiger partial charge < -0.3 is 38.4 Å². The van der Waals surface area contributed by atoms with E-state index in [4.69, 9.17) is 0 Å². The second-order valence-corrected chi connectivity index (χ2v) is 14.7. The number of halogens is 2. The predicted molar refractivity (Wildman–Crippen MR) is 200 cm³/mol. The molecule has 0 heterocycles. The number of hydrogen-bond acceptors (Lipinski definition) is 0. The maximum Gasteiger partial charge on any atom is 0.0786 e. The Balaban J connectivity index is -0.000000387. The van der Waals surface area contributed by atoms with E-state index < -0.39 is 0 Å². The summed E-state index contributed by atoms with van der Waals surface area (Å²) in [5.41, 5.74) is 0. The van der Waals surface area contributed by atoms with Crippen molar-refractivity contribution in [1.82, 2.24) is 0 Å². The second kappa shape index (κ2) is 40.9. The fraction of sp³-hybridized carbons (Fsp3) is 1.00. The third kappa shape index (κ3) is 35.8. The number of quaternary nitrogens is 2. The van der Waals surface area contributed by atoms with Crippen molar-refractivity contribution in [3.05, 3.63) is 0 Å². The van der Waals surface area contributed by atoms with Crippen LogP contribution in [0.4, 0.5) is 0 Å². The van der Waals surface area contributed by atoms with Gasteiger partial charge in [0.2, 0.25) is 0 Å². The summed E-state index contributed by atoms with van der Waals surface area (Å²) < 4.78 is 2.78. The molecule has 0 saturated carbocycles. The average molecular weight is 727 g/mol. The van der Waals surface area contributed by atoms with Gasteiger partial charge >= 0.3 is 0 Å². The van der Waals surface area contributed by atoms with Crippen LogP contribution in [0.5, 0.6) is 0 Å². The van der Waals surface area contributed by atoms with Gasteiger partial charge in [-0.25, -0.2) is 0 Å². The zero-order valence-corrected chi connectivity index (χ0v) is 35.3. The van der Waals surface area contributed by atoms with Crippen molar-refractivity contribution < 1.29 is 38.4 Å². The second-order valence-electron chi connectivity index (χ2n) is 14.7. The summed E-state index contributed by atoms with van der Waals surface area (Å²) in [4.78, 5) is 0. The summed E-state index contributed by atoms with van der Waals surface area (Å²) in [5.74, 6) is 0. The van der Waals surface area contributed by atoms with Gasteiger partial charge in [0.15, 0.2) is 0 Å². The molecule has 0 aromatic heterocycles. The zero-order valence-electron chi connectivity index (χ0n) is 33.0. The van der Waals surface area contributed by atoms with Crippen LogP contribution >= 0.6 is 0 Å². The van der Waals surface area contributed by atoms with Crippen LogP contribution in [0.2, 0.25) is 0 Å². The molecule has 0 aromatic carbocycles. The number of unbranched alkanes of at least 4 members (excludes halogenated alkanes) is 19. The lowest BCUT2D eigenvalue weighted by molar-refractivity contribution is -0.929. The Bertz CT molecular complexity index is 437. The Morgan fingerprint density at radius 1 is 0.267 bits per heavy atom. The third-order valence-corrected chi connectivity index (χ3v) is 10.1. The maximum absolute atomic E-state index is 2.56. The first-order valence-corrected chi connectivity index (χ1v) is 20.6. The minimum absolute atomic E-state index is 0. The maximum atomic E-state index is 2.56. The molecule has 2 nitrogen and oxygen atoms in total. The Kier molecular flexibility index (Phi) is 47.7. The fourth-order valence-electron chi connectivity index (χ4n) is 6.80. The lowest BCUT2D eigenvalue weighted by Crippen LogP contribution is -3.00. The minimum Gasteiger partial charge on any atom is -1.00 e. The van der Waals surface area contributed by atoms with E-state index in [1.54, 1.807) is 0 Å². The largest absolute Gasteiger partial charge is 1.00 e. The van der Waals surface area contributed by atoms with Crippen molar-refractivity contribution in [2.45, 2.75) is 215 Å². The van der Waals surface area contributed by atoms with E-state index in [0.29, 0.717) is 0 Å². The highest BCUT2D eigenvalue weighted by Crippen LogP contribution is 2.18. The summed E-state index contributed by atoms with van der Waals surface area (Å²) in [5, 5.41) is 0. The van der Waals surface area contributed by atoms with Crippen LogP contribution in [0.1, 0.15) is 215 Å². The Labute approximate surface area is 305 Å². The smallest absolute Gasteiger partial charge is 0.0786 e. The molecule has 278 valence electrons. The van der Waals surface area contributed by atoms with Crippen molar-refractivity contribution in [2.75, 3.05) is 52.9 Å². The summed E-state index contributed by atoms with van der Waals surface area (Å²) in [7, 11) is 2.56. The van der Waals surface area contributed by atoms with Gasteiger partial charge in [-0.1, -0.05) is 151 Å². The predicted octanol–water partition coefficient (Wildman–Crippen LogP) is 7.53. The molecule has 0 saturated heterocycles. The highest BCUT2D eigenvalue weighted by atomic mass is 79.9. The first kappa shape index (κ1) is 52.5. The van der Waals surface area contributed by atoms with Gasteiger partial charge in [-0.2, -0.15) is 0 Å². The molecular weight excluding hydrogens is 636 g/mol. The summed E-state index contributed by atoms with van der Waals surface area (Å²) >= 11 is 0. The molecule has 0 spiro atoms. The monoisotopic (exact) mass is 725 g/mol. The van der Waals surface area contributed by atoms with Crippen LogP contribution in [0.25, 0.3) is 0 Å². The molecule has 0 N–H and O–H groups in total. The Hall–Kier alpha value is 0.690. The Morgan fingerprint density at radius 3 is 0.689 bits per heavy atom. The van der Waals surface area contributed by atoms with Crippen molar-refractivity contribution in [3.8, 4) is 0 Å². The molecule has 0 aliphatic rings. The van der Waals surface area contributed by atoms with Gasteiger partial charge in [0, 0.05) is 0 Å². The van der Waals surface area contributed by atoms with Crippen molar-refractivity contribution in [3.63, 3.8) is 0 Å². The molecule has 0 rings (SSSR count). The Morgan fingerprint density at radius 2 is 0.467 bits per heavy atom. The summed E-state index contributed by atoms with van der Waals surface area (Å²) in [6.07, 6.45) is 36.9. The highest BCUT2D eigenvalue weighted by Gasteiger charge is 2.24. The zero-order chi connectivity index (χ0) is 32.3. The molecular formula is C41H90BrClN2. The highest BCUT2D eigenvalue weighted by molar-refractivity contribution is 4.52. The normalized spacial score (nSPS) is 11.5. The van der Waals surface area contributed by atoms with Crippen molar-refractivity contribution in [2.24, 2.45) is 0 Å². The van der Waals surface area contributed by atoms with Crippen LogP contribution in [0, 0.1) is 0 Å². The molecule has 0 radical (unpaired) electrons. The SMILES string of the molecule is CCCCCCCC[N+](C)(CCCCCCCC)CCCCCCCC.CCCC[N+](CCCC)(CCCC)CCCC.[Br-].[Cl-]. The standard InChI is InChI=1S/C25H54N.C16H36N.BrH.ClH/c1-5-8-11-14-17-20-23-26(4,24-21-18-15-12-9-6-2)25-22-19-16-13-10-7-3;1-5-9-13-17(14-10-6-2,15-11-7-3)16-12-8-4;;/h5-25H2,1-4H3;5-16H2,1-4H3;2*1H/q2*+1;;/p-2. The minimum atomic E-state index is 0. The van der Waals surface area contributed by atoms with E-state index in [2.05, 4.69) is 55.5 Å². The van der Waals surface area contributed by atoms with E-state index >= 15 is 0 Å². The molecule has 0 aliphatic carbocycles. The number of hydrogen-bond donors (Lipinski definition) is 0. The van der Waals surface area contributed by atoms with Gasteiger partial charge in [0.05, 0.1) is 52.9 Å². The van der Waals surface area contributed by atoms with Crippen LogP contribution < -0.4 is 29.4 Å². The van der Waals surface area contributed by atoms with E-state index in [9.17, 15) is 0 Å². The third-order valence-electron chi connectivity index (χ3n) is 10.1. The van der Waals surface area contributed by atoms with Gasteiger partial charge in [-0.05, 0) is 64.2 Å². The molecule has 0 bridgehead atoms. The van der Waals surface area contributed by atoms with Gasteiger partial charge in [0.1, 0.15) is 0 Å². The molecule has 0 unspecified atom stereocenters. The van der Waals surface area contributed by atoms with Crippen LogP contribution in [0.3, 0.4) is 0 Å². The van der Waals surface area contributed by atoms with Crippen LogP contribution in [-0.4, -0.2) is 61.8 Å². The van der Waals surface area contributed by atoms with Gasteiger partial charge in [-0.15, -0.1) is 0 Å². The van der Waals surface area contributed by atoms with Crippen LogP contribution in [0.15, 0.2) is 0 Å². The molecule has 0 amide bonds. The molecule has 0 atom stereocenters.